The van der Waals surface area contributed by atoms with Gasteiger partial charge in [0.2, 0.25) is 5.91 Å². The van der Waals surface area contributed by atoms with Gasteiger partial charge in [0.15, 0.2) is 0 Å². The van der Waals surface area contributed by atoms with E-state index in [1.807, 2.05) is 37.3 Å². The average Bonchev–Trinajstić information content (AvgIpc) is 2.58. The zero-order valence-electron chi connectivity index (χ0n) is 12.9. The van der Waals surface area contributed by atoms with Crippen LogP contribution in [0.1, 0.15) is 41.6 Å². The first-order valence-corrected chi connectivity index (χ1v) is 7.52. The molecule has 0 spiro atoms. The van der Waals surface area contributed by atoms with Gasteiger partial charge in [-0.05, 0) is 36.2 Å². The van der Waals surface area contributed by atoms with Crippen LogP contribution < -0.4 is 10.9 Å². The zero-order chi connectivity index (χ0) is 16.7. The summed E-state index contributed by atoms with van der Waals surface area (Å²) < 4.78 is 12.8. The molecule has 0 saturated heterocycles. The third-order valence-corrected chi connectivity index (χ3v) is 3.50. The number of carbonyl (C=O) groups excluding carboxylic acids is 2. The van der Waals surface area contributed by atoms with E-state index >= 15 is 0 Å². The fourth-order valence-corrected chi connectivity index (χ4v) is 2.30. The summed E-state index contributed by atoms with van der Waals surface area (Å²) in [4.78, 5) is 24.3. The molecular formula is C18H19FN2O2. The Kier molecular flexibility index (Phi) is 5.86. The fourth-order valence-electron chi connectivity index (χ4n) is 2.30. The number of nitrogens with one attached hydrogen (secondary N) is 2. The second-order valence-electron chi connectivity index (χ2n) is 5.20. The first-order valence-electron chi connectivity index (χ1n) is 7.52. The Balaban J connectivity index is 1.99. The molecule has 1 atom stereocenters. The van der Waals surface area contributed by atoms with Gasteiger partial charge in [0, 0.05) is 5.56 Å². The molecule has 2 aromatic rings. The maximum absolute atomic E-state index is 12.8. The van der Waals surface area contributed by atoms with Crippen LogP contribution in [-0.2, 0) is 4.79 Å². The fraction of sp³-hybridized carbons (Fsp3) is 0.222. The van der Waals surface area contributed by atoms with E-state index in [2.05, 4.69) is 10.9 Å². The maximum atomic E-state index is 12.8. The Morgan fingerprint density at radius 2 is 1.65 bits per heavy atom. The van der Waals surface area contributed by atoms with Gasteiger partial charge in [0.05, 0.1) is 5.92 Å². The molecule has 0 radical (unpaired) electrons. The van der Waals surface area contributed by atoms with Crippen molar-refractivity contribution in [2.75, 3.05) is 0 Å². The molecule has 0 fully saturated rings. The second kappa shape index (κ2) is 8.08. The Morgan fingerprint density at radius 3 is 2.26 bits per heavy atom. The topological polar surface area (TPSA) is 58.2 Å². The molecule has 5 heteroatoms. The molecule has 0 aromatic heterocycles. The highest BCUT2D eigenvalue weighted by atomic mass is 19.1. The summed E-state index contributed by atoms with van der Waals surface area (Å²) in [6.07, 6.45) is 1.53. The van der Waals surface area contributed by atoms with E-state index in [0.717, 1.165) is 12.0 Å². The maximum Gasteiger partial charge on any atom is 0.269 e. The predicted octanol–water partition coefficient (Wildman–Crippen LogP) is 3.17. The average molecular weight is 314 g/mol. The molecule has 23 heavy (non-hydrogen) atoms. The van der Waals surface area contributed by atoms with Crippen molar-refractivity contribution in [3.05, 3.63) is 71.5 Å². The van der Waals surface area contributed by atoms with E-state index in [-0.39, 0.29) is 17.4 Å². The van der Waals surface area contributed by atoms with E-state index in [0.29, 0.717) is 6.42 Å². The van der Waals surface area contributed by atoms with Crippen molar-refractivity contribution in [2.45, 2.75) is 25.7 Å². The number of rotatable bonds is 5. The smallest absolute Gasteiger partial charge is 0.269 e. The lowest BCUT2D eigenvalue weighted by Gasteiger charge is -2.17. The lowest BCUT2D eigenvalue weighted by molar-refractivity contribution is -0.123. The molecule has 2 aromatic carbocycles. The van der Waals surface area contributed by atoms with Crippen molar-refractivity contribution in [3.63, 3.8) is 0 Å². The first kappa shape index (κ1) is 16.7. The summed E-state index contributed by atoms with van der Waals surface area (Å²) in [7, 11) is 0. The van der Waals surface area contributed by atoms with Crippen molar-refractivity contribution in [3.8, 4) is 0 Å². The van der Waals surface area contributed by atoms with Crippen LogP contribution in [0.2, 0.25) is 0 Å². The van der Waals surface area contributed by atoms with Crippen LogP contribution in [0.25, 0.3) is 0 Å². The van der Waals surface area contributed by atoms with Crippen LogP contribution in [0.4, 0.5) is 4.39 Å². The van der Waals surface area contributed by atoms with Gasteiger partial charge in [-0.3, -0.25) is 20.4 Å². The van der Waals surface area contributed by atoms with Crippen molar-refractivity contribution in [1.82, 2.24) is 10.9 Å². The largest absolute Gasteiger partial charge is 0.273 e. The highest BCUT2D eigenvalue weighted by Crippen LogP contribution is 2.20. The van der Waals surface area contributed by atoms with Crippen LogP contribution in [-0.4, -0.2) is 11.8 Å². The monoisotopic (exact) mass is 314 g/mol. The zero-order valence-corrected chi connectivity index (χ0v) is 12.9. The molecule has 0 aliphatic heterocycles. The summed E-state index contributed by atoms with van der Waals surface area (Å²) in [6.45, 7) is 2.00. The number of hydrazine groups is 1. The van der Waals surface area contributed by atoms with Crippen LogP contribution in [0.15, 0.2) is 54.6 Å². The Morgan fingerprint density at radius 1 is 1.00 bits per heavy atom. The number of hydrogen-bond donors (Lipinski definition) is 2. The molecule has 2 rings (SSSR count). The Labute approximate surface area is 134 Å². The standard InChI is InChI=1S/C18H19FN2O2/c1-2-6-16(13-7-4-3-5-8-13)18(23)21-20-17(22)14-9-11-15(19)12-10-14/h3-5,7-12,16H,2,6H2,1H3,(H,20,22)(H,21,23)/t16-/m1/s1. The summed E-state index contributed by atoms with van der Waals surface area (Å²) in [5.41, 5.74) is 5.99. The summed E-state index contributed by atoms with van der Waals surface area (Å²) in [5, 5.41) is 0. The van der Waals surface area contributed by atoms with Crippen molar-refractivity contribution in [2.24, 2.45) is 0 Å². The van der Waals surface area contributed by atoms with Gasteiger partial charge >= 0.3 is 0 Å². The van der Waals surface area contributed by atoms with E-state index in [9.17, 15) is 14.0 Å². The van der Waals surface area contributed by atoms with Crippen molar-refractivity contribution >= 4 is 11.8 Å². The number of benzene rings is 2. The Bertz CT molecular complexity index is 656. The second-order valence-corrected chi connectivity index (χ2v) is 5.20. The van der Waals surface area contributed by atoms with Crippen molar-refractivity contribution < 1.29 is 14.0 Å². The van der Waals surface area contributed by atoms with Gasteiger partial charge in [-0.1, -0.05) is 43.7 Å². The molecule has 0 aliphatic rings. The minimum absolute atomic E-state index is 0.270. The molecular weight excluding hydrogens is 295 g/mol. The van der Waals surface area contributed by atoms with Gasteiger partial charge in [0.25, 0.3) is 5.91 Å². The lowest BCUT2D eigenvalue weighted by Crippen LogP contribution is -2.44. The number of halogens is 1. The minimum atomic E-state index is -0.485. The number of carbonyl (C=O) groups is 2. The third kappa shape index (κ3) is 4.64. The Hall–Kier alpha value is -2.69. The van der Waals surface area contributed by atoms with Crippen molar-refractivity contribution in [1.29, 1.82) is 0 Å². The summed E-state index contributed by atoms with van der Waals surface area (Å²) in [6, 6.07) is 14.5. The predicted molar refractivity (Wildman–Crippen MR) is 86.1 cm³/mol. The number of amides is 2. The van der Waals surface area contributed by atoms with Gasteiger partial charge in [-0.25, -0.2) is 4.39 Å². The third-order valence-electron chi connectivity index (χ3n) is 3.50. The van der Waals surface area contributed by atoms with Crippen LogP contribution in [0, 0.1) is 5.82 Å². The van der Waals surface area contributed by atoms with E-state index in [1.165, 1.54) is 24.3 Å². The van der Waals surface area contributed by atoms with Crippen LogP contribution in [0.5, 0.6) is 0 Å². The first-order chi connectivity index (χ1) is 11.1. The van der Waals surface area contributed by atoms with Gasteiger partial charge in [0.1, 0.15) is 5.82 Å². The van der Waals surface area contributed by atoms with Crippen LogP contribution >= 0.6 is 0 Å². The molecule has 0 saturated carbocycles. The lowest BCUT2D eigenvalue weighted by atomic mass is 9.94. The molecule has 0 unspecified atom stereocenters. The highest BCUT2D eigenvalue weighted by Gasteiger charge is 2.20. The normalized spacial score (nSPS) is 11.6. The molecule has 120 valence electrons. The molecule has 4 nitrogen and oxygen atoms in total. The summed E-state index contributed by atoms with van der Waals surface area (Å²) >= 11 is 0. The van der Waals surface area contributed by atoms with Gasteiger partial charge in [-0.15, -0.1) is 0 Å². The quantitative estimate of drug-likeness (QED) is 0.833. The summed E-state index contributed by atoms with van der Waals surface area (Å²) in [5.74, 6) is -1.50. The molecule has 2 N–H and O–H groups in total. The molecule has 0 heterocycles. The highest BCUT2D eigenvalue weighted by molar-refractivity contribution is 5.96. The van der Waals surface area contributed by atoms with Gasteiger partial charge in [-0.2, -0.15) is 0 Å². The van der Waals surface area contributed by atoms with Crippen LogP contribution in [0.3, 0.4) is 0 Å². The SMILES string of the molecule is CCC[C@@H](C(=O)NNC(=O)c1ccc(F)cc1)c1ccccc1. The minimum Gasteiger partial charge on any atom is -0.273 e. The molecule has 0 bridgehead atoms. The van der Waals surface area contributed by atoms with Gasteiger partial charge < -0.3 is 0 Å². The molecule has 0 aliphatic carbocycles. The number of hydrogen-bond acceptors (Lipinski definition) is 2. The van der Waals surface area contributed by atoms with E-state index < -0.39 is 11.7 Å². The molecule has 2 amide bonds. The van der Waals surface area contributed by atoms with E-state index in [1.54, 1.807) is 0 Å². The van der Waals surface area contributed by atoms with E-state index in [4.69, 9.17) is 0 Å².